The zero-order valence-electron chi connectivity index (χ0n) is 10.9. The fraction of sp³-hybridized carbons (Fsp3) is 0.667. The normalized spacial score (nSPS) is 14.8. The van der Waals surface area contributed by atoms with Crippen LogP contribution >= 0.6 is 0 Å². The van der Waals surface area contributed by atoms with E-state index in [1.165, 1.54) is 0 Å². The van der Waals surface area contributed by atoms with Gasteiger partial charge >= 0.3 is 0 Å². The van der Waals surface area contributed by atoms with Gasteiger partial charge in [0.1, 0.15) is 6.34 Å². The highest BCUT2D eigenvalue weighted by Crippen LogP contribution is 2.03. The number of rotatable bonds is 7. The van der Waals surface area contributed by atoms with Crippen molar-refractivity contribution in [2.75, 3.05) is 20.7 Å². The lowest BCUT2D eigenvalue weighted by molar-refractivity contribution is 0.0799. The molecule has 0 amide bonds. The Bertz CT molecular complexity index is 267. The van der Waals surface area contributed by atoms with Crippen LogP contribution in [0.25, 0.3) is 0 Å². The van der Waals surface area contributed by atoms with Crippen LogP contribution in [0.5, 0.6) is 0 Å². The predicted molar refractivity (Wildman–Crippen MR) is 69.4 cm³/mol. The summed E-state index contributed by atoms with van der Waals surface area (Å²) in [5.41, 5.74) is 1.93. The number of nitrogens with zero attached hydrogens (tertiary/aromatic N) is 2. The first kappa shape index (κ1) is 14.8. The van der Waals surface area contributed by atoms with Crippen molar-refractivity contribution in [2.24, 2.45) is 4.99 Å². The van der Waals surface area contributed by atoms with Gasteiger partial charge in [0.25, 0.3) is 0 Å². The van der Waals surface area contributed by atoms with Crippen LogP contribution in [0.2, 0.25) is 0 Å². The molecule has 0 bridgehead atoms. The Morgan fingerprint density at radius 3 is 2.56 bits per heavy atom. The minimum Gasteiger partial charge on any atom is -0.380 e. The summed E-state index contributed by atoms with van der Waals surface area (Å²) in [5.74, 6) is 0. The number of methoxy groups -OCH3 is 1. The molecule has 0 radical (unpaired) electrons. The van der Waals surface area contributed by atoms with E-state index in [1.54, 1.807) is 7.11 Å². The Kier molecular flexibility index (Phi) is 7.46. The van der Waals surface area contributed by atoms with E-state index in [9.17, 15) is 0 Å². The molecule has 16 heavy (non-hydrogen) atoms. The van der Waals surface area contributed by atoms with Gasteiger partial charge in [0.15, 0.2) is 0 Å². The fourth-order valence-electron chi connectivity index (χ4n) is 1.37. The van der Waals surface area contributed by atoms with Crippen molar-refractivity contribution < 1.29 is 4.74 Å². The van der Waals surface area contributed by atoms with Crippen molar-refractivity contribution in [1.82, 2.24) is 4.90 Å². The third-order valence-corrected chi connectivity index (χ3v) is 2.52. The molecule has 0 aromatic heterocycles. The SMILES string of the molecule is CCC(CN(C)/C=C(\C)C(C)=NC=N)OC. The van der Waals surface area contributed by atoms with E-state index in [-0.39, 0.29) is 6.10 Å². The fourth-order valence-corrected chi connectivity index (χ4v) is 1.37. The molecule has 1 atom stereocenters. The maximum atomic E-state index is 6.91. The topological polar surface area (TPSA) is 48.7 Å². The molecule has 4 nitrogen and oxygen atoms in total. The predicted octanol–water partition coefficient (Wildman–Crippen LogP) is 2.31. The highest BCUT2D eigenvalue weighted by atomic mass is 16.5. The van der Waals surface area contributed by atoms with Crippen LogP contribution in [0, 0.1) is 5.41 Å². The lowest BCUT2D eigenvalue weighted by Gasteiger charge is -2.21. The first-order valence-corrected chi connectivity index (χ1v) is 5.50. The van der Waals surface area contributed by atoms with Crippen LogP contribution in [-0.4, -0.2) is 43.8 Å². The van der Waals surface area contributed by atoms with E-state index in [0.717, 1.165) is 30.6 Å². The second kappa shape index (κ2) is 8.05. The van der Waals surface area contributed by atoms with Gasteiger partial charge in [-0.15, -0.1) is 0 Å². The lowest BCUT2D eigenvalue weighted by Crippen LogP contribution is -2.26. The van der Waals surface area contributed by atoms with Crippen molar-refractivity contribution in [3.63, 3.8) is 0 Å². The molecular formula is C12H23N3O. The standard InChI is InChI=1S/C12H23N3O/c1-6-12(16-5)8-15(4)7-10(2)11(3)14-9-13/h7,9,12-13H,6,8H2,1-5H3/b10-7+,13-9?,14-11?. The summed E-state index contributed by atoms with van der Waals surface area (Å²) in [7, 11) is 3.75. The van der Waals surface area contributed by atoms with Crippen molar-refractivity contribution in [3.05, 3.63) is 11.8 Å². The second-order valence-corrected chi connectivity index (χ2v) is 3.86. The molecule has 4 heteroatoms. The molecule has 0 aromatic rings. The summed E-state index contributed by atoms with van der Waals surface area (Å²) in [6.45, 7) is 6.87. The Morgan fingerprint density at radius 2 is 2.12 bits per heavy atom. The van der Waals surface area contributed by atoms with Crippen LogP contribution in [0.1, 0.15) is 27.2 Å². The largest absolute Gasteiger partial charge is 0.380 e. The van der Waals surface area contributed by atoms with Gasteiger partial charge < -0.3 is 9.64 Å². The van der Waals surface area contributed by atoms with E-state index in [1.807, 2.05) is 27.1 Å². The molecule has 0 rings (SSSR count). The molecular weight excluding hydrogens is 202 g/mol. The maximum absolute atomic E-state index is 6.91. The van der Waals surface area contributed by atoms with Gasteiger partial charge in [0, 0.05) is 32.6 Å². The van der Waals surface area contributed by atoms with E-state index in [2.05, 4.69) is 16.8 Å². The highest BCUT2D eigenvalue weighted by Gasteiger charge is 2.06. The highest BCUT2D eigenvalue weighted by molar-refractivity contribution is 6.01. The smallest absolute Gasteiger partial charge is 0.107 e. The lowest BCUT2D eigenvalue weighted by atomic mass is 10.2. The summed E-state index contributed by atoms with van der Waals surface area (Å²) in [6.07, 6.45) is 4.36. The minimum absolute atomic E-state index is 0.258. The average molecular weight is 225 g/mol. The van der Waals surface area contributed by atoms with Gasteiger partial charge in [-0.1, -0.05) is 6.92 Å². The zero-order chi connectivity index (χ0) is 12.6. The van der Waals surface area contributed by atoms with Crippen molar-refractivity contribution >= 4 is 12.1 Å². The molecule has 0 aliphatic rings. The van der Waals surface area contributed by atoms with E-state index < -0.39 is 0 Å². The molecule has 0 heterocycles. The van der Waals surface area contributed by atoms with Gasteiger partial charge in [-0.3, -0.25) is 5.41 Å². The van der Waals surface area contributed by atoms with Gasteiger partial charge in [-0.25, -0.2) is 4.99 Å². The Morgan fingerprint density at radius 1 is 1.50 bits per heavy atom. The van der Waals surface area contributed by atoms with Gasteiger partial charge in [-0.05, 0) is 25.8 Å². The number of allylic oxidation sites excluding steroid dienone is 1. The molecule has 0 fully saturated rings. The number of nitrogens with one attached hydrogen (secondary N) is 1. The van der Waals surface area contributed by atoms with Crippen LogP contribution in [0.3, 0.4) is 0 Å². The first-order chi connectivity index (χ1) is 7.54. The van der Waals surface area contributed by atoms with Crippen molar-refractivity contribution in [2.45, 2.75) is 33.3 Å². The van der Waals surface area contributed by atoms with Crippen molar-refractivity contribution in [3.8, 4) is 0 Å². The molecule has 0 spiro atoms. The molecule has 1 unspecified atom stereocenters. The minimum atomic E-state index is 0.258. The number of hydrogen-bond donors (Lipinski definition) is 1. The third-order valence-electron chi connectivity index (χ3n) is 2.52. The Labute approximate surface area is 98.5 Å². The summed E-state index contributed by atoms with van der Waals surface area (Å²) in [4.78, 5) is 6.02. The average Bonchev–Trinajstić information content (AvgIpc) is 2.26. The first-order valence-electron chi connectivity index (χ1n) is 5.50. The summed E-state index contributed by atoms with van der Waals surface area (Å²) < 4.78 is 5.32. The summed E-state index contributed by atoms with van der Waals surface area (Å²) in [6, 6.07) is 0. The molecule has 1 N–H and O–H groups in total. The molecule has 0 aromatic carbocycles. The van der Waals surface area contributed by atoms with Crippen LogP contribution in [-0.2, 0) is 4.74 Å². The summed E-state index contributed by atoms with van der Waals surface area (Å²) >= 11 is 0. The molecule has 92 valence electrons. The van der Waals surface area contributed by atoms with E-state index in [0.29, 0.717) is 0 Å². The van der Waals surface area contributed by atoms with Crippen LogP contribution in [0.4, 0.5) is 0 Å². The molecule has 0 aliphatic carbocycles. The number of aliphatic imine (C=N–C) groups is 1. The van der Waals surface area contributed by atoms with E-state index >= 15 is 0 Å². The molecule has 0 saturated heterocycles. The van der Waals surface area contributed by atoms with Crippen LogP contribution in [0.15, 0.2) is 16.8 Å². The summed E-state index contributed by atoms with van der Waals surface area (Å²) in [5, 5.41) is 6.91. The van der Waals surface area contributed by atoms with Crippen molar-refractivity contribution in [1.29, 1.82) is 5.41 Å². The van der Waals surface area contributed by atoms with Crippen LogP contribution < -0.4 is 0 Å². The second-order valence-electron chi connectivity index (χ2n) is 3.86. The van der Waals surface area contributed by atoms with Gasteiger partial charge in [0.2, 0.25) is 0 Å². The van der Waals surface area contributed by atoms with Gasteiger partial charge in [-0.2, -0.15) is 0 Å². The van der Waals surface area contributed by atoms with E-state index in [4.69, 9.17) is 10.1 Å². The Balaban J connectivity index is 4.40. The third kappa shape index (κ3) is 5.66. The zero-order valence-corrected chi connectivity index (χ0v) is 10.9. The monoisotopic (exact) mass is 225 g/mol. The Hall–Kier alpha value is -1.16. The number of hydrogen-bond acceptors (Lipinski definition) is 3. The molecule has 0 aliphatic heterocycles. The number of ether oxygens (including phenoxy) is 1. The maximum Gasteiger partial charge on any atom is 0.107 e. The molecule has 0 saturated carbocycles. The number of likely N-dealkylation sites (N-methyl/N-ethyl adjacent to an activating group) is 1. The quantitative estimate of drug-likeness (QED) is 0.534. The van der Waals surface area contributed by atoms with Gasteiger partial charge in [0.05, 0.1) is 6.10 Å².